The summed E-state index contributed by atoms with van der Waals surface area (Å²) in [4.78, 5) is 0. The Morgan fingerprint density at radius 3 is 2.62 bits per heavy atom. The second-order valence-electron chi connectivity index (χ2n) is 5.41. The summed E-state index contributed by atoms with van der Waals surface area (Å²) < 4.78 is 49.4. The number of nitrogens with zero attached hydrogens (tertiary/aromatic N) is 1. The highest BCUT2D eigenvalue weighted by atomic mass is 32.2. The van der Waals surface area contributed by atoms with Gasteiger partial charge in [-0.25, -0.2) is 21.6 Å². The number of sulfonamides is 1. The molecule has 0 unspecified atom stereocenters. The van der Waals surface area contributed by atoms with Crippen LogP contribution in [0, 0.1) is 6.92 Å². The minimum Gasteiger partial charge on any atom is -0.283 e. The largest absolute Gasteiger partial charge is 0.283 e. The molecule has 0 amide bonds. The zero-order chi connectivity index (χ0) is 15.5. The van der Waals surface area contributed by atoms with Crippen molar-refractivity contribution in [3.8, 4) is 0 Å². The SMILES string of the molecule is Cc1[nH]ncc1CCCNS(=O)(=O)C1CCS(=O)(=O)CC1. The van der Waals surface area contributed by atoms with Crippen LogP contribution in [0.25, 0.3) is 0 Å². The predicted octanol–water partition coefficient (Wildman–Crippen LogP) is 0.147. The molecular formula is C12H21N3O4S2. The summed E-state index contributed by atoms with van der Waals surface area (Å²) in [5, 5.41) is 6.17. The van der Waals surface area contributed by atoms with Gasteiger partial charge >= 0.3 is 0 Å². The normalized spacial score (nSPS) is 19.7. The molecule has 21 heavy (non-hydrogen) atoms. The van der Waals surface area contributed by atoms with E-state index in [9.17, 15) is 16.8 Å². The zero-order valence-electron chi connectivity index (χ0n) is 12.0. The molecule has 0 aliphatic carbocycles. The third-order valence-corrected chi connectivity index (χ3v) is 7.47. The lowest BCUT2D eigenvalue weighted by atomic mass is 10.1. The molecule has 1 aromatic heterocycles. The molecule has 0 saturated carbocycles. The van der Waals surface area contributed by atoms with Crippen LogP contribution in [0.15, 0.2) is 6.20 Å². The molecule has 7 nitrogen and oxygen atoms in total. The number of aromatic nitrogens is 2. The van der Waals surface area contributed by atoms with Crippen molar-refractivity contribution in [1.29, 1.82) is 0 Å². The van der Waals surface area contributed by atoms with E-state index in [1.165, 1.54) is 0 Å². The molecule has 120 valence electrons. The Labute approximate surface area is 125 Å². The first kappa shape index (κ1) is 16.4. The molecule has 1 fully saturated rings. The second-order valence-corrected chi connectivity index (χ2v) is 9.76. The maximum absolute atomic E-state index is 12.1. The summed E-state index contributed by atoms with van der Waals surface area (Å²) in [5.74, 6) is -0.0699. The lowest BCUT2D eigenvalue weighted by Crippen LogP contribution is -2.40. The minimum absolute atomic E-state index is 0.0349. The van der Waals surface area contributed by atoms with Gasteiger partial charge in [-0.2, -0.15) is 5.10 Å². The number of aryl methyl sites for hydroxylation is 2. The van der Waals surface area contributed by atoms with E-state index in [1.54, 1.807) is 6.20 Å². The summed E-state index contributed by atoms with van der Waals surface area (Å²) in [7, 11) is -6.46. The van der Waals surface area contributed by atoms with Crippen molar-refractivity contribution in [2.75, 3.05) is 18.1 Å². The highest BCUT2D eigenvalue weighted by Gasteiger charge is 2.32. The summed E-state index contributed by atoms with van der Waals surface area (Å²) in [5.41, 5.74) is 2.08. The smallest absolute Gasteiger partial charge is 0.214 e. The molecular weight excluding hydrogens is 314 g/mol. The van der Waals surface area contributed by atoms with Gasteiger partial charge in [0, 0.05) is 12.2 Å². The van der Waals surface area contributed by atoms with E-state index < -0.39 is 25.1 Å². The molecule has 0 radical (unpaired) electrons. The van der Waals surface area contributed by atoms with Gasteiger partial charge in [0.25, 0.3) is 0 Å². The Morgan fingerprint density at radius 1 is 1.38 bits per heavy atom. The number of sulfone groups is 1. The average Bonchev–Trinajstić information content (AvgIpc) is 2.80. The van der Waals surface area contributed by atoms with E-state index in [-0.39, 0.29) is 24.3 Å². The number of rotatable bonds is 6. The molecule has 9 heteroatoms. The first-order valence-corrected chi connectivity index (χ1v) is 10.3. The summed E-state index contributed by atoms with van der Waals surface area (Å²) >= 11 is 0. The molecule has 1 aliphatic rings. The van der Waals surface area contributed by atoms with Crippen molar-refractivity contribution in [2.45, 2.75) is 37.9 Å². The highest BCUT2D eigenvalue weighted by molar-refractivity contribution is 7.92. The van der Waals surface area contributed by atoms with E-state index in [0.29, 0.717) is 13.0 Å². The van der Waals surface area contributed by atoms with Crippen molar-refractivity contribution in [3.05, 3.63) is 17.5 Å². The van der Waals surface area contributed by atoms with Gasteiger partial charge < -0.3 is 0 Å². The zero-order valence-corrected chi connectivity index (χ0v) is 13.6. The lowest BCUT2D eigenvalue weighted by Gasteiger charge is -2.22. The van der Waals surface area contributed by atoms with Crippen LogP contribution in [0.2, 0.25) is 0 Å². The van der Waals surface area contributed by atoms with Crippen LogP contribution in [-0.4, -0.2) is 50.3 Å². The van der Waals surface area contributed by atoms with E-state index in [2.05, 4.69) is 14.9 Å². The molecule has 0 atom stereocenters. The van der Waals surface area contributed by atoms with Crippen molar-refractivity contribution in [2.24, 2.45) is 0 Å². The summed E-state index contributed by atoms with van der Waals surface area (Å²) in [6.07, 6.45) is 3.57. The van der Waals surface area contributed by atoms with Crippen LogP contribution in [0.1, 0.15) is 30.5 Å². The van der Waals surface area contributed by atoms with Crippen molar-refractivity contribution >= 4 is 19.9 Å². The van der Waals surface area contributed by atoms with Crippen molar-refractivity contribution in [3.63, 3.8) is 0 Å². The number of aromatic amines is 1. The fraction of sp³-hybridized carbons (Fsp3) is 0.750. The van der Waals surface area contributed by atoms with Gasteiger partial charge in [0.15, 0.2) is 0 Å². The molecule has 1 aromatic rings. The number of H-pyrrole nitrogens is 1. The monoisotopic (exact) mass is 335 g/mol. The van der Waals surface area contributed by atoms with Gasteiger partial charge in [0.2, 0.25) is 10.0 Å². The summed E-state index contributed by atoms with van der Waals surface area (Å²) in [6.45, 7) is 2.28. The van der Waals surface area contributed by atoms with E-state index >= 15 is 0 Å². The maximum Gasteiger partial charge on any atom is 0.214 e. The van der Waals surface area contributed by atoms with Crippen LogP contribution >= 0.6 is 0 Å². The fourth-order valence-corrected chi connectivity index (χ4v) is 5.73. The highest BCUT2D eigenvalue weighted by Crippen LogP contribution is 2.18. The Balaban J connectivity index is 1.78. The predicted molar refractivity (Wildman–Crippen MR) is 80.2 cm³/mol. The fourth-order valence-electron chi connectivity index (χ4n) is 2.42. The van der Waals surface area contributed by atoms with Crippen LogP contribution in [0.3, 0.4) is 0 Å². The minimum atomic E-state index is -3.42. The molecule has 2 N–H and O–H groups in total. The van der Waals surface area contributed by atoms with Gasteiger partial charge in [0.1, 0.15) is 9.84 Å². The van der Waals surface area contributed by atoms with Gasteiger partial charge in [-0.1, -0.05) is 0 Å². The van der Waals surface area contributed by atoms with E-state index in [1.807, 2.05) is 6.92 Å². The molecule has 0 spiro atoms. The summed E-state index contributed by atoms with van der Waals surface area (Å²) in [6, 6.07) is 0. The third kappa shape index (κ3) is 4.52. The Kier molecular flexibility index (Phi) is 5.05. The van der Waals surface area contributed by atoms with Crippen LogP contribution in [-0.2, 0) is 26.3 Å². The van der Waals surface area contributed by atoms with Gasteiger partial charge in [0.05, 0.1) is 23.0 Å². The van der Waals surface area contributed by atoms with Crippen molar-refractivity contribution in [1.82, 2.24) is 14.9 Å². The van der Waals surface area contributed by atoms with Crippen LogP contribution < -0.4 is 4.72 Å². The average molecular weight is 335 g/mol. The number of hydrogen-bond donors (Lipinski definition) is 2. The van der Waals surface area contributed by atoms with Gasteiger partial charge in [-0.3, -0.25) is 5.10 Å². The van der Waals surface area contributed by atoms with Gasteiger partial charge in [-0.15, -0.1) is 0 Å². The first-order chi connectivity index (χ1) is 9.80. The quantitative estimate of drug-likeness (QED) is 0.719. The second kappa shape index (κ2) is 6.45. The Hall–Kier alpha value is -0.930. The molecule has 1 saturated heterocycles. The number of hydrogen-bond acceptors (Lipinski definition) is 5. The van der Waals surface area contributed by atoms with Crippen LogP contribution in [0.4, 0.5) is 0 Å². The third-order valence-electron chi connectivity index (χ3n) is 3.80. The molecule has 0 aromatic carbocycles. The van der Waals surface area contributed by atoms with Crippen LogP contribution in [0.5, 0.6) is 0 Å². The molecule has 0 bridgehead atoms. The topological polar surface area (TPSA) is 109 Å². The number of nitrogens with one attached hydrogen (secondary N) is 2. The standard InChI is InChI=1S/C12H21N3O4S2/c1-10-11(9-13-15-10)3-2-6-14-21(18,19)12-4-7-20(16,17)8-5-12/h9,12,14H,2-8H2,1H3,(H,13,15). The lowest BCUT2D eigenvalue weighted by molar-refractivity contribution is 0.541. The molecule has 1 aliphatic heterocycles. The molecule has 2 rings (SSSR count). The van der Waals surface area contributed by atoms with Crippen molar-refractivity contribution < 1.29 is 16.8 Å². The maximum atomic E-state index is 12.1. The Morgan fingerprint density at radius 2 is 2.05 bits per heavy atom. The van der Waals surface area contributed by atoms with E-state index in [0.717, 1.165) is 17.7 Å². The van der Waals surface area contributed by atoms with Gasteiger partial charge in [-0.05, 0) is 38.2 Å². The first-order valence-electron chi connectivity index (χ1n) is 6.98. The van der Waals surface area contributed by atoms with E-state index in [4.69, 9.17) is 0 Å². The molecule has 2 heterocycles. The Bertz CT molecular complexity index is 665.